The molecule has 2 aromatic rings. The molecule has 3 N–H and O–H groups in total. The fourth-order valence-corrected chi connectivity index (χ4v) is 2.19. The largest absolute Gasteiger partial charge is 0.348 e. The van der Waals surface area contributed by atoms with E-state index in [9.17, 15) is 14.4 Å². The van der Waals surface area contributed by atoms with E-state index in [0.717, 1.165) is 11.1 Å². The van der Waals surface area contributed by atoms with Gasteiger partial charge in [0.05, 0.1) is 11.3 Å². The second-order valence-electron chi connectivity index (χ2n) is 5.53. The average Bonchev–Trinajstić information content (AvgIpc) is 2.61. The molecule has 0 saturated heterocycles. The standard InChI is InChI=1S/C19H21N3O3/c1-3-20-18(24)19(25)22-16-7-5-4-6-15(16)17(23)21-12-14-10-8-13(2)9-11-14/h4-11H,3,12H2,1-2H3,(H,20,24)(H,21,23)(H,22,25). The number of hydrogen-bond acceptors (Lipinski definition) is 3. The lowest BCUT2D eigenvalue weighted by atomic mass is 10.1. The maximum atomic E-state index is 12.4. The molecule has 0 aliphatic carbocycles. The SMILES string of the molecule is CCNC(=O)C(=O)Nc1ccccc1C(=O)NCc1ccc(C)cc1. The zero-order chi connectivity index (χ0) is 18.2. The summed E-state index contributed by atoms with van der Waals surface area (Å²) in [5.74, 6) is -1.87. The molecule has 0 fully saturated rings. The lowest BCUT2D eigenvalue weighted by molar-refractivity contribution is -0.136. The van der Waals surface area contributed by atoms with Crippen LogP contribution in [0.4, 0.5) is 5.69 Å². The molecule has 0 aliphatic heterocycles. The zero-order valence-corrected chi connectivity index (χ0v) is 14.3. The smallest absolute Gasteiger partial charge is 0.313 e. The van der Waals surface area contributed by atoms with Gasteiger partial charge in [-0.2, -0.15) is 0 Å². The number of nitrogens with one attached hydrogen (secondary N) is 3. The minimum atomic E-state index is -0.805. The van der Waals surface area contributed by atoms with Crippen molar-refractivity contribution in [1.29, 1.82) is 0 Å². The molecule has 25 heavy (non-hydrogen) atoms. The topological polar surface area (TPSA) is 87.3 Å². The van der Waals surface area contributed by atoms with Gasteiger partial charge in [0.2, 0.25) is 0 Å². The van der Waals surface area contributed by atoms with Gasteiger partial charge in [0, 0.05) is 13.1 Å². The second-order valence-corrected chi connectivity index (χ2v) is 5.53. The van der Waals surface area contributed by atoms with Crippen molar-refractivity contribution in [3.05, 3.63) is 65.2 Å². The van der Waals surface area contributed by atoms with Crippen molar-refractivity contribution in [3.8, 4) is 0 Å². The highest BCUT2D eigenvalue weighted by Gasteiger charge is 2.17. The molecule has 6 nitrogen and oxygen atoms in total. The Hall–Kier alpha value is -3.15. The first-order valence-electron chi connectivity index (χ1n) is 8.03. The summed E-state index contributed by atoms with van der Waals surface area (Å²) in [7, 11) is 0. The van der Waals surface area contributed by atoms with Crippen LogP contribution >= 0.6 is 0 Å². The summed E-state index contributed by atoms with van der Waals surface area (Å²) in [4.78, 5) is 35.8. The predicted molar refractivity (Wildman–Crippen MR) is 96.1 cm³/mol. The van der Waals surface area contributed by atoms with E-state index in [1.165, 1.54) is 0 Å². The molecule has 0 spiro atoms. The fraction of sp³-hybridized carbons (Fsp3) is 0.211. The van der Waals surface area contributed by atoms with Crippen LogP contribution in [0, 0.1) is 6.92 Å². The van der Waals surface area contributed by atoms with Gasteiger partial charge in [0.1, 0.15) is 0 Å². The van der Waals surface area contributed by atoms with Crippen molar-refractivity contribution in [2.45, 2.75) is 20.4 Å². The molecule has 0 atom stereocenters. The van der Waals surface area contributed by atoms with Crippen LogP contribution in [-0.2, 0) is 16.1 Å². The van der Waals surface area contributed by atoms with Crippen LogP contribution in [-0.4, -0.2) is 24.3 Å². The van der Waals surface area contributed by atoms with Crippen molar-refractivity contribution in [1.82, 2.24) is 10.6 Å². The first-order chi connectivity index (χ1) is 12.0. The Morgan fingerprint density at radius 1 is 0.880 bits per heavy atom. The number of amides is 3. The van der Waals surface area contributed by atoms with Crippen LogP contribution in [0.1, 0.15) is 28.4 Å². The molecule has 2 aromatic carbocycles. The number of rotatable bonds is 5. The third-order valence-electron chi connectivity index (χ3n) is 3.54. The van der Waals surface area contributed by atoms with Gasteiger partial charge in [-0.1, -0.05) is 42.0 Å². The number of carbonyl (C=O) groups is 3. The van der Waals surface area contributed by atoms with Gasteiger partial charge in [-0.15, -0.1) is 0 Å². The number of anilines is 1. The third-order valence-corrected chi connectivity index (χ3v) is 3.54. The van der Waals surface area contributed by atoms with Crippen LogP contribution in [0.15, 0.2) is 48.5 Å². The fourth-order valence-electron chi connectivity index (χ4n) is 2.19. The summed E-state index contributed by atoms with van der Waals surface area (Å²) >= 11 is 0. The summed E-state index contributed by atoms with van der Waals surface area (Å²) < 4.78 is 0. The van der Waals surface area contributed by atoms with E-state index in [0.29, 0.717) is 24.3 Å². The van der Waals surface area contributed by atoms with Gasteiger partial charge in [0.15, 0.2) is 0 Å². The minimum absolute atomic E-state index is 0.292. The van der Waals surface area contributed by atoms with E-state index in [1.807, 2.05) is 31.2 Å². The average molecular weight is 339 g/mol. The van der Waals surface area contributed by atoms with E-state index in [1.54, 1.807) is 31.2 Å². The van der Waals surface area contributed by atoms with E-state index < -0.39 is 11.8 Å². The molecule has 0 unspecified atom stereocenters. The van der Waals surface area contributed by atoms with E-state index in [-0.39, 0.29) is 5.91 Å². The van der Waals surface area contributed by atoms with E-state index in [4.69, 9.17) is 0 Å². The van der Waals surface area contributed by atoms with Gasteiger partial charge in [-0.05, 0) is 31.5 Å². The minimum Gasteiger partial charge on any atom is -0.348 e. The Balaban J connectivity index is 2.05. The Labute approximate surface area is 146 Å². The summed E-state index contributed by atoms with van der Waals surface area (Å²) in [6, 6.07) is 14.4. The van der Waals surface area contributed by atoms with Crippen LogP contribution in [0.3, 0.4) is 0 Å². The van der Waals surface area contributed by atoms with Crippen molar-refractivity contribution in [3.63, 3.8) is 0 Å². The number of para-hydroxylation sites is 1. The summed E-state index contributed by atoms with van der Waals surface area (Å²) in [5, 5.41) is 7.70. The van der Waals surface area contributed by atoms with Gasteiger partial charge in [0.25, 0.3) is 5.91 Å². The molecule has 0 aromatic heterocycles. The zero-order valence-electron chi connectivity index (χ0n) is 14.3. The summed E-state index contributed by atoms with van der Waals surface area (Å²) in [6.45, 7) is 4.44. The maximum absolute atomic E-state index is 12.4. The number of carbonyl (C=O) groups excluding carboxylic acids is 3. The number of benzene rings is 2. The molecule has 0 heterocycles. The number of hydrogen-bond donors (Lipinski definition) is 3. The van der Waals surface area contributed by atoms with Crippen LogP contribution < -0.4 is 16.0 Å². The van der Waals surface area contributed by atoms with Gasteiger partial charge >= 0.3 is 11.8 Å². The molecule has 0 aliphatic rings. The van der Waals surface area contributed by atoms with Crippen LogP contribution in [0.5, 0.6) is 0 Å². The summed E-state index contributed by atoms with van der Waals surface area (Å²) in [6.07, 6.45) is 0. The first kappa shape index (κ1) is 18.2. The Morgan fingerprint density at radius 3 is 2.24 bits per heavy atom. The molecule has 0 bridgehead atoms. The van der Waals surface area contributed by atoms with Crippen LogP contribution in [0.25, 0.3) is 0 Å². The maximum Gasteiger partial charge on any atom is 0.313 e. The highest BCUT2D eigenvalue weighted by Crippen LogP contribution is 2.15. The lowest BCUT2D eigenvalue weighted by Gasteiger charge is -2.11. The predicted octanol–water partition coefficient (Wildman–Crippen LogP) is 2.00. The van der Waals surface area contributed by atoms with Gasteiger partial charge in [-0.25, -0.2) is 0 Å². The van der Waals surface area contributed by atoms with Crippen molar-refractivity contribution >= 4 is 23.4 Å². The van der Waals surface area contributed by atoms with E-state index in [2.05, 4.69) is 16.0 Å². The highest BCUT2D eigenvalue weighted by atomic mass is 16.2. The monoisotopic (exact) mass is 339 g/mol. The molecular weight excluding hydrogens is 318 g/mol. The van der Waals surface area contributed by atoms with Crippen molar-refractivity contribution in [2.24, 2.45) is 0 Å². The molecule has 2 rings (SSSR count). The second kappa shape index (κ2) is 8.63. The van der Waals surface area contributed by atoms with Crippen LogP contribution in [0.2, 0.25) is 0 Å². The number of likely N-dealkylation sites (N-methyl/N-ethyl adjacent to an activating group) is 1. The molecular formula is C19H21N3O3. The Kier molecular flexibility index (Phi) is 6.28. The van der Waals surface area contributed by atoms with E-state index >= 15 is 0 Å². The molecule has 0 saturated carbocycles. The van der Waals surface area contributed by atoms with Crippen molar-refractivity contribution in [2.75, 3.05) is 11.9 Å². The third kappa shape index (κ3) is 5.17. The van der Waals surface area contributed by atoms with Crippen molar-refractivity contribution < 1.29 is 14.4 Å². The van der Waals surface area contributed by atoms with Gasteiger partial charge in [-0.3, -0.25) is 14.4 Å². The molecule has 6 heteroatoms. The lowest BCUT2D eigenvalue weighted by Crippen LogP contribution is -2.35. The Morgan fingerprint density at radius 2 is 1.56 bits per heavy atom. The Bertz CT molecular complexity index is 770. The first-order valence-corrected chi connectivity index (χ1v) is 8.03. The van der Waals surface area contributed by atoms with Gasteiger partial charge < -0.3 is 16.0 Å². The molecule has 0 radical (unpaired) electrons. The highest BCUT2D eigenvalue weighted by molar-refractivity contribution is 6.40. The molecule has 130 valence electrons. The quantitative estimate of drug-likeness (QED) is 0.728. The molecule has 3 amide bonds. The summed E-state index contributed by atoms with van der Waals surface area (Å²) in [5.41, 5.74) is 2.71. The normalized spacial score (nSPS) is 10.0. The number of aryl methyl sites for hydroxylation is 1.